The largest absolute Gasteiger partial charge is 0.452 e. The van der Waals surface area contributed by atoms with Gasteiger partial charge < -0.3 is 10.1 Å². The second-order valence-corrected chi connectivity index (χ2v) is 8.88. The van der Waals surface area contributed by atoms with Crippen LogP contribution in [-0.4, -0.2) is 44.3 Å². The number of rotatable bonds is 10. The van der Waals surface area contributed by atoms with Crippen LogP contribution in [0.1, 0.15) is 25.0 Å². The van der Waals surface area contributed by atoms with Crippen molar-refractivity contribution in [1.29, 1.82) is 0 Å². The van der Waals surface area contributed by atoms with Crippen LogP contribution in [0.3, 0.4) is 0 Å². The summed E-state index contributed by atoms with van der Waals surface area (Å²) >= 11 is 5.81. The molecule has 0 bridgehead atoms. The van der Waals surface area contributed by atoms with E-state index < -0.39 is 28.5 Å². The van der Waals surface area contributed by atoms with E-state index in [0.717, 1.165) is 5.56 Å². The Morgan fingerprint density at radius 3 is 2.23 bits per heavy atom. The molecule has 0 aliphatic carbocycles. The average Bonchev–Trinajstić information content (AvgIpc) is 2.76. The topological polar surface area (TPSA) is 92.8 Å². The van der Waals surface area contributed by atoms with Crippen molar-refractivity contribution in [2.24, 2.45) is 0 Å². The molecule has 0 spiro atoms. The van der Waals surface area contributed by atoms with Gasteiger partial charge in [-0.25, -0.2) is 13.2 Å². The highest BCUT2D eigenvalue weighted by Crippen LogP contribution is 2.16. The van der Waals surface area contributed by atoms with E-state index in [1.807, 2.05) is 0 Å². The van der Waals surface area contributed by atoms with E-state index in [-0.39, 0.29) is 4.90 Å². The van der Waals surface area contributed by atoms with E-state index in [9.17, 15) is 18.0 Å². The minimum Gasteiger partial charge on any atom is -0.452 e. The summed E-state index contributed by atoms with van der Waals surface area (Å²) in [6.07, 6.45) is 2.67. The fraction of sp³-hybridized carbons (Fsp3) is 0.273. The number of halogens is 1. The predicted molar refractivity (Wildman–Crippen MR) is 120 cm³/mol. The number of hydrogen-bond donors (Lipinski definition) is 1. The molecule has 0 heterocycles. The first-order chi connectivity index (χ1) is 14.8. The maximum atomic E-state index is 12.5. The van der Waals surface area contributed by atoms with Gasteiger partial charge in [-0.2, -0.15) is 4.31 Å². The smallest absolute Gasteiger partial charge is 0.331 e. The molecule has 1 N–H and O–H groups in total. The first kappa shape index (κ1) is 24.6. The van der Waals surface area contributed by atoms with Crippen LogP contribution in [0.2, 0.25) is 5.02 Å². The quantitative estimate of drug-likeness (QED) is 0.430. The zero-order valence-corrected chi connectivity index (χ0v) is 18.9. The van der Waals surface area contributed by atoms with Crippen molar-refractivity contribution in [3.05, 3.63) is 70.8 Å². The maximum absolute atomic E-state index is 12.5. The highest BCUT2D eigenvalue weighted by atomic mass is 35.5. The molecule has 0 saturated carbocycles. The zero-order chi connectivity index (χ0) is 22.9. The molecule has 9 heteroatoms. The molecular formula is C22H25ClN2O5S. The summed E-state index contributed by atoms with van der Waals surface area (Å²) in [6, 6.07) is 13.2. The van der Waals surface area contributed by atoms with E-state index in [0.29, 0.717) is 30.2 Å². The Morgan fingerprint density at radius 1 is 1.03 bits per heavy atom. The van der Waals surface area contributed by atoms with Gasteiger partial charge in [-0.3, -0.25) is 4.79 Å². The van der Waals surface area contributed by atoms with Gasteiger partial charge in [0.2, 0.25) is 10.0 Å². The summed E-state index contributed by atoms with van der Waals surface area (Å²) in [5.41, 5.74) is 1.50. The van der Waals surface area contributed by atoms with Gasteiger partial charge in [0.05, 0.1) is 4.90 Å². The molecule has 0 aliphatic rings. The van der Waals surface area contributed by atoms with Gasteiger partial charge in [0.1, 0.15) is 0 Å². The van der Waals surface area contributed by atoms with Gasteiger partial charge in [0.25, 0.3) is 5.91 Å². The number of ether oxygens (including phenoxy) is 1. The maximum Gasteiger partial charge on any atom is 0.331 e. The van der Waals surface area contributed by atoms with E-state index in [1.54, 1.807) is 50.2 Å². The Bertz CT molecular complexity index is 1010. The number of carbonyl (C=O) groups excluding carboxylic acids is 2. The molecule has 7 nitrogen and oxygen atoms in total. The Morgan fingerprint density at radius 2 is 1.65 bits per heavy atom. The number of benzene rings is 2. The summed E-state index contributed by atoms with van der Waals surface area (Å²) in [5, 5.41) is 3.25. The van der Waals surface area contributed by atoms with Crippen molar-refractivity contribution >= 4 is 39.6 Å². The van der Waals surface area contributed by atoms with Crippen molar-refractivity contribution in [2.75, 3.05) is 19.7 Å². The third-order valence-corrected chi connectivity index (χ3v) is 6.70. The van der Waals surface area contributed by atoms with Crippen LogP contribution >= 0.6 is 11.6 Å². The fourth-order valence-corrected chi connectivity index (χ4v) is 4.25. The summed E-state index contributed by atoms with van der Waals surface area (Å²) < 4.78 is 31.2. The average molecular weight is 465 g/mol. The van der Waals surface area contributed by atoms with Gasteiger partial charge in [-0.15, -0.1) is 0 Å². The van der Waals surface area contributed by atoms with E-state index in [2.05, 4.69) is 5.32 Å². The van der Waals surface area contributed by atoms with Crippen LogP contribution in [0.15, 0.2) is 59.5 Å². The minimum atomic E-state index is -3.53. The second kappa shape index (κ2) is 11.6. The van der Waals surface area contributed by atoms with Crippen molar-refractivity contribution in [3.63, 3.8) is 0 Å². The number of esters is 1. The number of amides is 1. The zero-order valence-electron chi connectivity index (χ0n) is 17.4. The lowest BCUT2D eigenvalue weighted by atomic mass is 10.2. The molecule has 166 valence electrons. The van der Waals surface area contributed by atoms with Crippen molar-refractivity contribution in [2.45, 2.75) is 25.3 Å². The molecule has 0 aromatic heterocycles. The van der Waals surface area contributed by atoms with Crippen LogP contribution < -0.4 is 5.32 Å². The molecule has 0 saturated heterocycles. The molecule has 1 amide bonds. The van der Waals surface area contributed by atoms with E-state index >= 15 is 0 Å². The third kappa shape index (κ3) is 7.50. The molecule has 2 aromatic carbocycles. The molecule has 0 unspecified atom stereocenters. The number of nitrogens with zero attached hydrogens (tertiary/aromatic N) is 1. The Labute approximate surface area is 187 Å². The van der Waals surface area contributed by atoms with Crippen molar-refractivity contribution in [1.82, 2.24) is 9.62 Å². The highest BCUT2D eigenvalue weighted by Gasteiger charge is 2.20. The van der Waals surface area contributed by atoms with Gasteiger partial charge >= 0.3 is 5.97 Å². The molecule has 31 heavy (non-hydrogen) atoms. The lowest BCUT2D eigenvalue weighted by molar-refractivity contribution is -0.143. The Balaban J connectivity index is 1.83. The number of hydrogen-bond acceptors (Lipinski definition) is 5. The monoisotopic (exact) mass is 464 g/mol. The summed E-state index contributed by atoms with van der Waals surface area (Å²) in [6.45, 7) is 4.23. The molecule has 0 fully saturated rings. The lowest BCUT2D eigenvalue weighted by Crippen LogP contribution is -2.30. The van der Waals surface area contributed by atoms with Crippen molar-refractivity contribution < 1.29 is 22.7 Å². The lowest BCUT2D eigenvalue weighted by Gasteiger charge is -2.18. The fourth-order valence-electron chi connectivity index (χ4n) is 2.67. The highest BCUT2D eigenvalue weighted by molar-refractivity contribution is 7.89. The summed E-state index contributed by atoms with van der Waals surface area (Å²) in [5.74, 6) is -1.11. The second-order valence-electron chi connectivity index (χ2n) is 6.50. The normalized spacial score (nSPS) is 11.6. The summed E-state index contributed by atoms with van der Waals surface area (Å²) in [4.78, 5) is 23.8. The number of sulfonamides is 1. The van der Waals surface area contributed by atoms with Gasteiger partial charge in [0.15, 0.2) is 6.61 Å². The van der Waals surface area contributed by atoms with Crippen LogP contribution in [0, 0.1) is 0 Å². The van der Waals surface area contributed by atoms with Crippen LogP contribution in [0.4, 0.5) is 0 Å². The molecule has 0 radical (unpaired) electrons. The minimum absolute atomic E-state index is 0.188. The Kier molecular flexibility index (Phi) is 9.23. The third-order valence-electron chi connectivity index (χ3n) is 4.38. The van der Waals surface area contributed by atoms with E-state index in [4.69, 9.17) is 16.3 Å². The van der Waals surface area contributed by atoms with Crippen LogP contribution in [-0.2, 0) is 30.9 Å². The van der Waals surface area contributed by atoms with Gasteiger partial charge in [-0.1, -0.05) is 49.7 Å². The molecule has 0 atom stereocenters. The first-order valence-electron chi connectivity index (χ1n) is 9.72. The van der Waals surface area contributed by atoms with Crippen LogP contribution in [0.5, 0.6) is 0 Å². The standard InChI is InChI=1S/C22H25ClN2O5S/c1-3-25(4-2)31(28,29)20-12-7-17(8-13-20)9-14-22(27)30-16-21(26)24-15-18-5-10-19(23)11-6-18/h5-14H,3-4,15-16H2,1-2H3,(H,24,26). The Hall–Kier alpha value is -2.68. The summed E-state index contributed by atoms with van der Waals surface area (Å²) in [7, 11) is -3.53. The predicted octanol–water partition coefficient (Wildman–Crippen LogP) is 3.24. The molecule has 0 aliphatic heterocycles. The molecule has 2 aromatic rings. The van der Waals surface area contributed by atoms with Gasteiger partial charge in [-0.05, 0) is 41.5 Å². The van der Waals surface area contributed by atoms with E-state index in [1.165, 1.54) is 28.6 Å². The van der Waals surface area contributed by atoms with Crippen LogP contribution in [0.25, 0.3) is 6.08 Å². The molecular weight excluding hydrogens is 440 g/mol. The molecule has 2 rings (SSSR count). The number of nitrogens with one attached hydrogen (secondary N) is 1. The first-order valence-corrected chi connectivity index (χ1v) is 11.5. The van der Waals surface area contributed by atoms with Gasteiger partial charge in [0, 0.05) is 30.7 Å². The SMILES string of the molecule is CCN(CC)S(=O)(=O)c1ccc(C=CC(=O)OCC(=O)NCc2ccc(Cl)cc2)cc1. The number of carbonyl (C=O) groups is 2. The van der Waals surface area contributed by atoms with Crippen molar-refractivity contribution in [3.8, 4) is 0 Å².